The maximum absolute atomic E-state index is 14.5. The summed E-state index contributed by atoms with van der Waals surface area (Å²) in [5.74, 6) is -1.28. The van der Waals surface area contributed by atoms with Gasteiger partial charge in [0.25, 0.3) is 7.44 Å². The zero-order chi connectivity index (χ0) is 29.1. The van der Waals surface area contributed by atoms with Crippen LogP contribution in [0.4, 0.5) is 5.13 Å². The zero-order valence-electron chi connectivity index (χ0n) is 23.5. The Morgan fingerprint density at radius 2 is 1.47 bits per heavy atom. The summed E-state index contributed by atoms with van der Waals surface area (Å²) in [6, 6.07) is 2.96. The summed E-state index contributed by atoms with van der Waals surface area (Å²) in [6.45, 7) is 15.2. The van der Waals surface area contributed by atoms with E-state index in [1.54, 1.807) is 13.8 Å². The standard InChI is InChI=1S/C25H39N4O7PS/c1-10-23(4,5)19(30)18-17(27-22(26)38-18)15-13-14-16(36-15)37(33,28-24(6,7)20(31)34-11-2)29-25(8,9)21(32)35-12-3/h13-14H,10-12H2,1-9H3,(H2,26,27)(H2,28,29,33). The number of carbonyl (C=O) groups excluding carboxylic acids is 3. The molecule has 4 N–H and O–H groups in total. The molecule has 0 spiro atoms. The first-order valence-electron chi connectivity index (χ1n) is 12.4. The molecule has 0 saturated heterocycles. The van der Waals surface area contributed by atoms with Gasteiger partial charge < -0.3 is 19.6 Å². The zero-order valence-corrected chi connectivity index (χ0v) is 25.2. The van der Waals surface area contributed by atoms with Gasteiger partial charge in [-0.05, 0) is 60.1 Å². The van der Waals surface area contributed by atoms with Crippen molar-refractivity contribution in [1.82, 2.24) is 15.2 Å². The van der Waals surface area contributed by atoms with E-state index in [0.29, 0.717) is 11.3 Å². The molecule has 0 bridgehead atoms. The number of nitrogens with two attached hydrogens (primary N) is 1. The molecule has 0 amide bonds. The van der Waals surface area contributed by atoms with Crippen LogP contribution >= 0.6 is 18.8 Å². The van der Waals surface area contributed by atoms with Gasteiger partial charge in [-0.2, -0.15) is 0 Å². The van der Waals surface area contributed by atoms with Gasteiger partial charge in [-0.1, -0.05) is 32.1 Å². The summed E-state index contributed by atoms with van der Waals surface area (Å²) in [4.78, 5) is 43.1. The average Bonchev–Trinajstić information content (AvgIpc) is 3.45. The van der Waals surface area contributed by atoms with E-state index in [-0.39, 0.29) is 41.1 Å². The fraction of sp³-hybridized carbons (Fsp3) is 0.600. The van der Waals surface area contributed by atoms with Crippen LogP contribution in [0.15, 0.2) is 16.5 Å². The number of thiazole rings is 1. The summed E-state index contributed by atoms with van der Waals surface area (Å²) in [7, 11) is -4.05. The lowest BCUT2D eigenvalue weighted by Gasteiger charge is -2.34. The SMILES string of the molecule is CCOC(=O)C(C)(C)NP(=O)(NC(C)(C)C(=O)OCC)c1ccc(-c2nc(N)sc2C(=O)C(C)(C)CC)o1. The third kappa shape index (κ3) is 6.91. The molecule has 2 aromatic rings. The first kappa shape index (κ1) is 31.7. The second kappa shape index (κ2) is 11.7. The molecule has 13 heteroatoms. The van der Waals surface area contributed by atoms with Crippen molar-refractivity contribution in [3.05, 3.63) is 17.0 Å². The fourth-order valence-corrected chi connectivity index (χ4v) is 6.89. The van der Waals surface area contributed by atoms with Crippen LogP contribution in [0.25, 0.3) is 11.5 Å². The number of nitrogens with zero attached hydrogens (tertiary/aromatic N) is 1. The number of Topliss-reactive ketones (excluding diaryl/α,β-unsaturated/α-hetero) is 1. The van der Waals surface area contributed by atoms with E-state index in [1.165, 1.54) is 39.8 Å². The third-order valence-corrected chi connectivity index (χ3v) is 9.42. The maximum atomic E-state index is 14.5. The van der Waals surface area contributed by atoms with Gasteiger partial charge in [0.1, 0.15) is 21.6 Å². The molecule has 0 aliphatic heterocycles. The van der Waals surface area contributed by atoms with Gasteiger partial charge in [0.15, 0.2) is 22.2 Å². The fourth-order valence-electron chi connectivity index (χ4n) is 3.39. The van der Waals surface area contributed by atoms with Crippen LogP contribution < -0.4 is 21.4 Å². The minimum absolute atomic E-state index is 0.0954. The molecule has 0 aliphatic rings. The van der Waals surface area contributed by atoms with Crippen LogP contribution in [-0.4, -0.2) is 47.0 Å². The van der Waals surface area contributed by atoms with Crippen LogP contribution in [0.2, 0.25) is 0 Å². The lowest BCUT2D eigenvalue weighted by atomic mass is 9.84. The van der Waals surface area contributed by atoms with Crippen LogP contribution in [0.5, 0.6) is 0 Å². The molecule has 2 aromatic heterocycles. The Kier molecular flexibility index (Phi) is 9.75. The summed E-state index contributed by atoms with van der Waals surface area (Å²) in [5.41, 5.74) is 2.55. The van der Waals surface area contributed by atoms with Crippen molar-refractivity contribution in [2.24, 2.45) is 5.41 Å². The number of anilines is 1. The second-order valence-corrected chi connectivity index (χ2v) is 13.6. The molecule has 0 aliphatic carbocycles. The van der Waals surface area contributed by atoms with Crippen LogP contribution in [0, 0.1) is 5.41 Å². The van der Waals surface area contributed by atoms with Crippen LogP contribution in [0.3, 0.4) is 0 Å². The Hall–Kier alpha value is -2.53. The Labute approximate surface area is 227 Å². The highest BCUT2D eigenvalue weighted by atomic mass is 32.1. The molecule has 0 radical (unpaired) electrons. The van der Waals surface area contributed by atoms with Gasteiger partial charge in [0.2, 0.25) is 0 Å². The van der Waals surface area contributed by atoms with Gasteiger partial charge in [0.05, 0.1) is 13.2 Å². The molecule has 0 fully saturated rings. The van der Waals surface area contributed by atoms with E-state index >= 15 is 0 Å². The number of nitrogen functional groups attached to an aromatic ring is 1. The molecule has 212 valence electrons. The van der Waals surface area contributed by atoms with E-state index in [1.807, 2.05) is 20.8 Å². The third-order valence-electron chi connectivity index (χ3n) is 5.93. The van der Waals surface area contributed by atoms with E-state index < -0.39 is 35.9 Å². The van der Waals surface area contributed by atoms with E-state index in [9.17, 15) is 18.9 Å². The number of ether oxygens (including phenoxy) is 2. The van der Waals surface area contributed by atoms with Gasteiger partial charge in [-0.15, -0.1) is 0 Å². The van der Waals surface area contributed by atoms with E-state index in [4.69, 9.17) is 19.6 Å². The Bertz CT molecular complexity index is 1200. The second-order valence-electron chi connectivity index (χ2n) is 10.5. The summed E-state index contributed by atoms with van der Waals surface area (Å²) >= 11 is 1.05. The molecular weight excluding hydrogens is 531 g/mol. The largest absolute Gasteiger partial charge is 0.465 e. The molecule has 38 heavy (non-hydrogen) atoms. The van der Waals surface area contributed by atoms with Crippen molar-refractivity contribution < 1.29 is 32.8 Å². The smallest absolute Gasteiger partial charge is 0.326 e. The number of carbonyl (C=O) groups is 3. The first-order valence-corrected chi connectivity index (χ1v) is 14.9. The van der Waals surface area contributed by atoms with Gasteiger partial charge in [0, 0.05) is 5.41 Å². The minimum Gasteiger partial charge on any atom is -0.465 e. The number of hydrogen-bond donors (Lipinski definition) is 3. The number of esters is 2. The number of furan rings is 1. The average molecular weight is 571 g/mol. The van der Waals surface area contributed by atoms with E-state index in [0.717, 1.165) is 11.3 Å². The Balaban J connectivity index is 2.62. The number of nitrogens with one attached hydrogen (secondary N) is 2. The molecule has 0 aromatic carbocycles. The Morgan fingerprint density at radius 1 is 0.974 bits per heavy atom. The summed E-state index contributed by atoms with van der Waals surface area (Å²) < 4.78 is 30.8. The number of rotatable bonds is 13. The van der Waals surface area contributed by atoms with E-state index in [2.05, 4.69) is 15.2 Å². The normalized spacial score (nSPS) is 12.9. The first-order chi connectivity index (χ1) is 17.4. The lowest BCUT2D eigenvalue weighted by Crippen LogP contribution is -2.55. The molecule has 2 heterocycles. The molecule has 0 saturated carbocycles. The molecule has 2 rings (SSSR count). The van der Waals surface area contributed by atoms with Crippen molar-refractivity contribution in [3.8, 4) is 11.5 Å². The van der Waals surface area contributed by atoms with Crippen LogP contribution in [0.1, 0.15) is 78.4 Å². The quantitative estimate of drug-likeness (QED) is 0.179. The van der Waals surface area contributed by atoms with Gasteiger partial charge >= 0.3 is 11.9 Å². The maximum Gasteiger partial charge on any atom is 0.326 e. The van der Waals surface area contributed by atoms with Crippen LogP contribution in [-0.2, 0) is 23.6 Å². The summed E-state index contributed by atoms with van der Waals surface area (Å²) in [5, 5.41) is 5.83. The topological polar surface area (TPSA) is 163 Å². The highest BCUT2D eigenvalue weighted by Gasteiger charge is 2.45. The molecular formula is C25H39N4O7PS. The number of hydrogen-bond acceptors (Lipinski definition) is 10. The van der Waals surface area contributed by atoms with Crippen molar-refractivity contribution in [2.75, 3.05) is 18.9 Å². The number of aromatic nitrogens is 1. The number of ketones is 1. The molecule has 0 unspecified atom stereocenters. The molecule has 11 nitrogen and oxygen atoms in total. The predicted molar refractivity (Wildman–Crippen MR) is 148 cm³/mol. The Morgan fingerprint density at radius 3 is 1.92 bits per heavy atom. The predicted octanol–water partition coefficient (Wildman–Crippen LogP) is 4.29. The highest BCUT2D eigenvalue weighted by molar-refractivity contribution is 7.67. The summed E-state index contributed by atoms with van der Waals surface area (Å²) in [6.07, 6.45) is 0.599. The highest BCUT2D eigenvalue weighted by Crippen LogP contribution is 2.43. The monoisotopic (exact) mass is 570 g/mol. The van der Waals surface area contributed by atoms with Gasteiger partial charge in [-0.25, -0.2) is 15.2 Å². The lowest BCUT2D eigenvalue weighted by molar-refractivity contribution is -0.149. The van der Waals surface area contributed by atoms with Gasteiger partial charge in [-0.3, -0.25) is 18.9 Å². The van der Waals surface area contributed by atoms with Crippen molar-refractivity contribution in [2.45, 2.75) is 79.8 Å². The van der Waals surface area contributed by atoms with Crippen molar-refractivity contribution in [3.63, 3.8) is 0 Å². The van der Waals surface area contributed by atoms with Crippen molar-refractivity contribution >= 4 is 47.1 Å². The van der Waals surface area contributed by atoms with Crippen molar-refractivity contribution in [1.29, 1.82) is 0 Å². The minimum atomic E-state index is -4.05. The molecule has 0 atom stereocenters.